The normalized spacial score (nSPS) is 9.41. The summed E-state index contributed by atoms with van der Waals surface area (Å²) in [5, 5.41) is 12.9. The topological polar surface area (TPSA) is 67.6 Å². The van der Waals surface area contributed by atoms with Gasteiger partial charge in [-0.15, -0.1) is 12.4 Å². The molecule has 0 amide bonds. The number of nitrogens with two attached hydrogens (primary N) is 1. The molecular weight excluding hydrogens is 236 g/mol. The van der Waals surface area contributed by atoms with Gasteiger partial charge in [-0.25, -0.2) is 0 Å². The number of rotatable bonds is 3. The Morgan fingerprint density at radius 3 is 2.47 bits per heavy atom. The minimum absolute atomic E-state index is 0. The van der Waals surface area contributed by atoms with Crippen LogP contribution < -0.4 is 5.73 Å². The number of hydrogen-bond donors (Lipinski definition) is 1. The first kappa shape index (κ1) is 13.2. The second-order valence-electron chi connectivity index (χ2n) is 3.56. The number of benzene rings is 1. The van der Waals surface area contributed by atoms with E-state index < -0.39 is 0 Å². The smallest absolute Gasteiger partial charge is 0.0991 e. The highest BCUT2D eigenvalue weighted by Gasteiger charge is 1.98. The van der Waals surface area contributed by atoms with Crippen molar-refractivity contribution in [3.8, 4) is 6.07 Å². The quantitative estimate of drug-likeness (QED) is 0.899. The molecule has 0 unspecified atom stereocenters. The highest BCUT2D eigenvalue weighted by atomic mass is 35.5. The summed E-state index contributed by atoms with van der Waals surface area (Å²) >= 11 is 0. The van der Waals surface area contributed by atoms with Crippen molar-refractivity contribution < 1.29 is 0 Å². The first-order valence-electron chi connectivity index (χ1n) is 5.02. The lowest BCUT2D eigenvalue weighted by Crippen LogP contribution is -2.00. The molecule has 17 heavy (non-hydrogen) atoms. The molecule has 88 valence electrons. The van der Waals surface area contributed by atoms with Gasteiger partial charge >= 0.3 is 0 Å². The Morgan fingerprint density at radius 2 is 1.94 bits per heavy atom. The monoisotopic (exact) mass is 248 g/mol. The molecule has 2 rings (SSSR count). The summed E-state index contributed by atoms with van der Waals surface area (Å²) in [5.74, 6) is 0. The van der Waals surface area contributed by atoms with Crippen LogP contribution in [0.15, 0.2) is 36.7 Å². The Labute approximate surface area is 106 Å². The average molecular weight is 249 g/mol. The minimum Gasteiger partial charge on any atom is -0.326 e. The standard InChI is InChI=1S/C12H12N4.ClH/c13-5-10-1-3-11(4-2-10)8-16-9-12(6-14)7-15-16;/h1-4,7,9H,6,8,14H2;1H. The molecule has 0 aliphatic rings. The second kappa shape index (κ2) is 6.04. The molecule has 0 bridgehead atoms. The van der Waals surface area contributed by atoms with Crippen LogP contribution in [-0.4, -0.2) is 9.78 Å². The summed E-state index contributed by atoms with van der Waals surface area (Å²) in [7, 11) is 0. The summed E-state index contributed by atoms with van der Waals surface area (Å²) in [6, 6.07) is 9.57. The lowest BCUT2D eigenvalue weighted by atomic mass is 10.1. The molecule has 1 heterocycles. The van der Waals surface area contributed by atoms with Crippen molar-refractivity contribution in [3.63, 3.8) is 0 Å². The Kier molecular flexibility index (Phi) is 4.70. The van der Waals surface area contributed by atoms with Crippen LogP contribution in [0.3, 0.4) is 0 Å². The van der Waals surface area contributed by atoms with Crippen molar-refractivity contribution in [1.82, 2.24) is 9.78 Å². The molecule has 0 atom stereocenters. The molecule has 1 aromatic heterocycles. The molecular formula is C12H13ClN4. The lowest BCUT2D eigenvalue weighted by molar-refractivity contribution is 0.686. The van der Waals surface area contributed by atoms with E-state index in [9.17, 15) is 0 Å². The van der Waals surface area contributed by atoms with Crippen molar-refractivity contribution in [2.75, 3.05) is 0 Å². The maximum atomic E-state index is 8.67. The van der Waals surface area contributed by atoms with Crippen LogP contribution in [0.2, 0.25) is 0 Å². The van der Waals surface area contributed by atoms with E-state index in [4.69, 9.17) is 11.0 Å². The Morgan fingerprint density at radius 1 is 1.24 bits per heavy atom. The van der Waals surface area contributed by atoms with Crippen LogP contribution in [0.4, 0.5) is 0 Å². The van der Waals surface area contributed by atoms with E-state index in [0.717, 1.165) is 11.1 Å². The number of aromatic nitrogens is 2. The van der Waals surface area contributed by atoms with Gasteiger partial charge in [-0.3, -0.25) is 4.68 Å². The van der Waals surface area contributed by atoms with E-state index in [1.54, 1.807) is 6.20 Å². The number of hydrogen-bond acceptors (Lipinski definition) is 3. The zero-order valence-electron chi connectivity index (χ0n) is 9.21. The fourth-order valence-electron chi connectivity index (χ4n) is 1.47. The van der Waals surface area contributed by atoms with Gasteiger partial charge in [0.2, 0.25) is 0 Å². The molecule has 0 aliphatic heterocycles. The van der Waals surface area contributed by atoms with E-state index in [2.05, 4.69) is 11.2 Å². The van der Waals surface area contributed by atoms with Gasteiger partial charge in [-0.2, -0.15) is 10.4 Å². The van der Waals surface area contributed by atoms with Gasteiger partial charge in [0.25, 0.3) is 0 Å². The predicted molar refractivity (Wildman–Crippen MR) is 67.6 cm³/mol. The van der Waals surface area contributed by atoms with Crippen LogP contribution in [0, 0.1) is 11.3 Å². The Balaban J connectivity index is 0.00000144. The first-order chi connectivity index (χ1) is 7.81. The van der Waals surface area contributed by atoms with E-state index in [1.807, 2.05) is 35.1 Å². The third kappa shape index (κ3) is 3.31. The molecule has 2 aromatic rings. The molecule has 0 fully saturated rings. The molecule has 1 aromatic carbocycles. The molecule has 5 heteroatoms. The largest absolute Gasteiger partial charge is 0.326 e. The van der Waals surface area contributed by atoms with Crippen LogP contribution in [0.25, 0.3) is 0 Å². The zero-order valence-corrected chi connectivity index (χ0v) is 10.0. The maximum Gasteiger partial charge on any atom is 0.0991 e. The molecule has 0 aliphatic carbocycles. The summed E-state index contributed by atoms with van der Waals surface area (Å²) < 4.78 is 1.84. The van der Waals surface area contributed by atoms with Crippen LogP contribution in [0.5, 0.6) is 0 Å². The molecule has 2 N–H and O–H groups in total. The Hall–Kier alpha value is -1.83. The van der Waals surface area contributed by atoms with E-state index in [-0.39, 0.29) is 12.4 Å². The van der Waals surface area contributed by atoms with Gasteiger partial charge in [0.1, 0.15) is 0 Å². The van der Waals surface area contributed by atoms with Crippen molar-refractivity contribution in [2.45, 2.75) is 13.1 Å². The van der Waals surface area contributed by atoms with Gasteiger partial charge in [0.15, 0.2) is 0 Å². The summed E-state index contributed by atoms with van der Waals surface area (Å²) in [4.78, 5) is 0. The van der Waals surface area contributed by atoms with Crippen LogP contribution >= 0.6 is 12.4 Å². The van der Waals surface area contributed by atoms with Crippen molar-refractivity contribution in [1.29, 1.82) is 5.26 Å². The molecule has 0 saturated carbocycles. The SMILES string of the molecule is Cl.N#Cc1ccc(Cn2cc(CN)cn2)cc1. The van der Waals surface area contributed by atoms with E-state index in [1.165, 1.54) is 0 Å². The fraction of sp³-hybridized carbons (Fsp3) is 0.167. The second-order valence-corrected chi connectivity index (χ2v) is 3.56. The zero-order chi connectivity index (χ0) is 11.4. The van der Waals surface area contributed by atoms with Gasteiger partial charge in [0, 0.05) is 18.3 Å². The number of nitriles is 1. The summed E-state index contributed by atoms with van der Waals surface area (Å²) in [6.45, 7) is 1.21. The van der Waals surface area contributed by atoms with E-state index >= 15 is 0 Å². The lowest BCUT2D eigenvalue weighted by Gasteiger charge is -2.01. The van der Waals surface area contributed by atoms with Crippen molar-refractivity contribution in [2.24, 2.45) is 5.73 Å². The van der Waals surface area contributed by atoms with Crippen LogP contribution in [-0.2, 0) is 13.1 Å². The fourth-order valence-corrected chi connectivity index (χ4v) is 1.47. The summed E-state index contributed by atoms with van der Waals surface area (Å²) in [6.07, 6.45) is 3.70. The van der Waals surface area contributed by atoms with Gasteiger partial charge in [-0.1, -0.05) is 12.1 Å². The number of halogens is 1. The third-order valence-corrected chi connectivity index (χ3v) is 2.35. The van der Waals surface area contributed by atoms with Crippen molar-refractivity contribution in [3.05, 3.63) is 53.3 Å². The van der Waals surface area contributed by atoms with Gasteiger partial charge in [-0.05, 0) is 17.7 Å². The first-order valence-corrected chi connectivity index (χ1v) is 5.02. The summed E-state index contributed by atoms with van der Waals surface area (Å²) in [5.41, 5.74) is 8.32. The number of nitrogens with zero attached hydrogens (tertiary/aromatic N) is 3. The highest BCUT2D eigenvalue weighted by Crippen LogP contribution is 2.06. The minimum atomic E-state index is 0. The maximum absolute atomic E-state index is 8.67. The predicted octanol–water partition coefficient (Wildman–Crippen LogP) is 1.68. The van der Waals surface area contributed by atoms with E-state index in [0.29, 0.717) is 18.7 Å². The molecule has 0 saturated heterocycles. The Bertz CT molecular complexity index is 510. The van der Waals surface area contributed by atoms with Gasteiger partial charge < -0.3 is 5.73 Å². The van der Waals surface area contributed by atoms with Gasteiger partial charge in [0.05, 0.1) is 24.4 Å². The average Bonchev–Trinajstić information content (AvgIpc) is 2.78. The molecule has 0 radical (unpaired) electrons. The highest BCUT2D eigenvalue weighted by molar-refractivity contribution is 5.85. The molecule has 4 nitrogen and oxygen atoms in total. The third-order valence-electron chi connectivity index (χ3n) is 2.35. The molecule has 0 spiro atoms. The van der Waals surface area contributed by atoms with Crippen molar-refractivity contribution >= 4 is 12.4 Å². The van der Waals surface area contributed by atoms with Crippen LogP contribution in [0.1, 0.15) is 16.7 Å².